The monoisotopic (exact) mass is 198 g/mol. The molecule has 15 heavy (non-hydrogen) atoms. The van der Waals surface area contributed by atoms with Crippen molar-refractivity contribution in [2.45, 2.75) is 25.2 Å². The van der Waals surface area contributed by atoms with E-state index in [1.54, 1.807) is 0 Å². The standard InChI is InChI=1S/C13H14N2/c1-9-2-4-10(5-3-9)11-8-12(11)13-6-7-14-15-13/h2-7,11-12H,8H2,1H3,(H,14,15)/t11-,12+/m1/s1. The molecule has 3 rings (SSSR count). The van der Waals surface area contributed by atoms with Crippen LogP contribution in [0.5, 0.6) is 0 Å². The summed E-state index contributed by atoms with van der Waals surface area (Å²) in [5, 5.41) is 7.06. The fraction of sp³-hybridized carbons (Fsp3) is 0.308. The minimum absolute atomic E-state index is 0.662. The van der Waals surface area contributed by atoms with Crippen molar-refractivity contribution in [1.29, 1.82) is 0 Å². The Hall–Kier alpha value is -1.57. The van der Waals surface area contributed by atoms with Crippen LogP contribution >= 0.6 is 0 Å². The number of H-pyrrole nitrogens is 1. The molecule has 76 valence electrons. The predicted molar refractivity (Wildman–Crippen MR) is 59.9 cm³/mol. The molecule has 1 fully saturated rings. The fourth-order valence-electron chi connectivity index (χ4n) is 2.19. The van der Waals surface area contributed by atoms with E-state index in [4.69, 9.17) is 0 Å². The molecule has 1 aromatic carbocycles. The quantitative estimate of drug-likeness (QED) is 0.789. The van der Waals surface area contributed by atoms with Gasteiger partial charge in [0.2, 0.25) is 0 Å². The third kappa shape index (κ3) is 1.56. The van der Waals surface area contributed by atoms with Gasteiger partial charge < -0.3 is 0 Å². The van der Waals surface area contributed by atoms with E-state index >= 15 is 0 Å². The third-order valence-electron chi connectivity index (χ3n) is 3.22. The Morgan fingerprint density at radius 2 is 1.93 bits per heavy atom. The summed E-state index contributed by atoms with van der Waals surface area (Å²) in [6.45, 7) is 2.13. The van der Waals surface area contributed by atoms with E-state index in [1.165, 1.54) is 23.2 Å². The molecule has 2 aromatic rings. The molecule has 1 aromatic heterocycles. The van der Waals surface area contributed by atoms with Gasteiger partial charge in [0.1, 0.15) is 0 Å². The first-order chi connectivity index (χ1) is 7.34. The number of nitrogens with one attached hydrogen (secondary N) is 1. The highest BCUT2D eigenvalue weighted by Gasteiger charge is 2.40. The molecule has 0 radical (unpaired) electrons. The van der Waals surface area contributed by atoms with Crippen molar-refractivity contribution in [2.75, 3.05) is 0 Å². The molecule has 0 spiro atoms. The summed E-state index contributed by atoms with van der Waals surface area (Å²) >= 11 is 0. The van der Waals surface area contributed by atoms with Crippen LogP contribution in [0.1, 0.15) is 35.1 Å². The number of hydrogen-bond acceptors (Lipinski definition) is 1. The Kier molecular flexibility index (Phi) is 1.88. The maximum Gasteiger partial charge on any atom is 0.0490 e. The molecular formula is C13H14N2. The predicted octanol–water partition coefficient (Wildman–Crippen LogP) is 2.99. The molecular weight excluding hydrogens is 184 g/mol. The summed E-state index contributed by atoms with van der Waals surface area (Å²) in [6.07, 6.45) is 3.09. The van der Waals surface area contributed by atoms with Gasteiger partial charge in [0.25, 0.3) is 0 Å². The van der Waals surface area contributed by atoms with Gasteiger partial charge in [-0.25, -0.2) is 0 Å². The summed E-state index contributed by atoms with van der Waals surface area (Å²) in [4.78, 5) is 0. The minimum Gasteiger partial charge on any atom is -0.282 e. The number of aromatic amines is 1. The lowest BCUT2D eigenvalue weighted by atomic mass is 10.1. The first-order valence-electron chi connectivity index (χ1n) is 5.40. The number of hydrogen-bond donors (Lipinski definition) is 1. The summed E-state index contributed by atoms with van der Waals surface area (Å²) in [5.41, 5.74) is 4.07. The van der Waals surface area contributed by atoms with Gasteiger partial charge in [0.05, 0.1) is 0 Å². The molecule has 0 unspecified atom stereocenters. The molecule has 2 heteroatoms. The highest BCUT2D eigenvalue weighted by molar-refractivity contribution is 5.34. The highest BCUT2D eigenvalue weighted by atomic mass is 15.1. The molecule has 0 aliphatic heterocycles. The van der Waals surface area contributed by atoms with Crippen LogP contribution in [0.4, 0.5) is 0 Å². The summed E-state index contributed by atoms with van der Waals surface area (Å²) in [7, 11) is 0. The first-order valence-corrected chi connectivity index (χ1v) is 5.40. The Morgan fingerprint density at radius 3 is 2.60 bits per heavy atom. The summed E-state index contributed by atoms with van der Waals surface area (Å²) in [5.74, 6) is 1.36. The normalized spacial score (nSPS) is 24.1. The molecule has 1 aliphatic rings. The molecule has 1 heterocycles. The number of benzene rings is 1. The van der Waals surface area contributed by atoms with Gasteiger partial charge in [0, 0.05) is 17.8 Å². The average Bonchev–Trinajstić information content (AvgIpc) is 2.87. The third-order valence-corrected chi connectivity index (χ3v) is 3.22. The van der Waals surface area contributed by atoms with Crippen LogP contribution in [0, 0.1) is 6.92 Å². The maximum atomic E-state index is 4.00. The highest BCUT2D eigenvalue weighted by Crippen LogP contribution is 2.53. The molecule has 2 atom stereocenters. The largest absolute Gasteiger partial charge is 0.282 e. The van der Waals surface area contributed by atoms with E-state index < -0.39 is 0 Å². The van der Waals surface area contributed by atoms with Gasteiger partial charge in [-0.3, -0.25) is 5.10 Å². The second-order valence-electron chi connectivity index (χ2n) is 4.37. The van der Waals surface area contributed by atoms with Crippen LogP contribution in [-0.2, 0) is 0 Å². The van der Waals surface area contributed by atoms with Crippen molar-refractivity contribution < 1.29 is 0 Å². The van der Waals surface area contributed by atoms with Crippen LogP contribution in [-0.4, -0.2) is 10.2 Å². The lowest BCUT2D eigenvalue weighted by molar-refractivity contribution is 0.932. The van der Waals surface area contributed by atoms with E-state index in [2.05, 4.69) is 47.5 Å². The minimum atomic E-state index is 0.662. The van der Waals surface area contributed by atoms with Crippen LogP contribution in [0.3, 0.4) is 0 Å². The Morgan fingerprint density at radius 1 is 1.13 bits per heavy atom. The van der Waals surface area contributed by atoms with Gasteiger partial charge in [0.15, 0.2) is 0 Å². The van der Waals surface area contributed by atoms with E-state index in [1.807, 2.05) is 6.20 Å². The Bertz CT molecular complexity index is 442. The molecule has 1 N–H and O–H groups in total. The van der Waals surface area contributed by atoms with Gasteiger partial charge in [-0.2, -0.15) is 5.10 Å². The van der Waals surface area contributed by atoms with E-state index in [0.29, 0.717) is 11.8 Å². The molecule has 2 nitrogen and oxygen atoms in total. The Balaban J connectivity index is 1.79. The SMILES string of the molecule is Cc1ccc([C@H]2C[C@@H]2c2ccn[nH]2)cc1. The molecule has 1 aliphatic carbocycles. The van der Waals surface area contributed by atoms with Crippen LogP contribution in [0.2, 0.25) is 0 Å². The molecule has 0 amide bonds. The van der Waals surface area contributed by atoms with E-state index in [9.17, 15) is 0 Å². The lowest BCUT2D eigenvalue weighted by Gasteiger charge is -1.99. The maximum absolute atomic E-state index is 4.00. The zero-order chi connectivity index (χ0) is 10.3. The number of aryl methyl sites for hydroxylation is 1. The van der Waals surface area contributed by atoms with Crippen LogP contribution < -0.4 is 0 Å². The van der Waals surface area contributed by atoms with Crippen molar-refractivity contribution in [1.82, 2.24) is 10.2 Å². The van der Waals surface area contributed by atoms with Crippen molar-refractivity contribution >= 4 is 0 Å². The molecule has 0 bridgehead atoms. The number of rotatable bonds is 2. The zero-order valence-electron chi connectivity index (χ0n) is 8.77. The second-order valence-corrected chi connectivity index (χ2v) is 4.37. The lowest BCUT2D eigenvalue weighted by Crippen LogP contribution is -1.85. The van der Waals surface area contributed by atoms with E-state index in [-0.39, 0.29) is 0 Å². The van der Waals surface area contributed by atoms with Gasteiger partial charge in [-0.1, -0.05) is 29.8 Å². The average molecular weight is 198 g/mol. The Labute approximate surface area is 89.3 Å². The fourth-order valence-corrected chi connectivity index (χ4v) is 2.19. The van der Waals surface area contributed by atoms with E-state index in [0.717, 1.165) is 0 Å². The number of nitrogens with zero attached hydrogens (tertiary/aromatic N) is 1. The van der Waals surface area contributed by atoms with Crippen molar-refractivity contribution in [3.8, 4) is 0 Å². The number of aromatic nitrogens is 2. The van der Waals surface area contributed by atoms with Crippen LogP contribution in [0.25, 0.3) is 0 Å². The van der Waals surface area contributed by atoms with Crippen molar-refractivity contribution in [3.63, 3.8) is 0 Å². The molecule has 1 saturated carbocycles. The van der Waals surface area contributed by atoms with Crippen molar-refractivity contribution in [3.05, 3.63) is 53.3 Å². The summed E-state index contributed by atoms with van der Waals surface area (Å²) in [6, 6.07) is 11.0. The van der Waals surface area contributed by atoms with Gasteiger partial charge >= 0.3 is 0 Å². The topological polar surface area (TPSA) is 28.7 Å². The zero-order valence-corrected chi connectivity index (χ0v) is 8.77. The molecule has 0 saturated heterocycles. The van der Waals surface area contributed by atoms with Gasteiger partial charge in [-0.05, 0) is 30.9 Å². The smallest absolute Gasteiger partial charge is 0.0490 e. The summed E-state index contributed by atoms with van der Waals surface area (Å²) < 4.78 is 0. The van der Waals surface area contributed by atoms with Crippen molar-refractivity contribution in [2.24, 2.45) is 0 Å². The van der Waals surface area contributed by atoms with Crippen LogP contribution in [0.15, 0.2) is 36.5 Å². The van der Waals surface area contributed by atoms with Gasteiger partial charge in [-0.15, -0.1) is 0 Å². The second kappa shape index (κ2) is 3.23. The first kappa shape index (κ1) is 8.72.